The average Bonchev–Trinajstić information content (AvgIpc) is 2.60. The van der Waals surface area contributed by atoms with Gasteiger partial charge in [0.1, 0.15) is 0 Å². The van der Waals surface area contributed by atoms with Crippen molar-refractivity contribution in [3.05, 3.63) is 0 Å². The van der Waals surface area contributed by atoms with Gasteiger partial charge in [0.2, 0.25) is 0 Å². The van der Waals surface area contributed by atoms with E-state index in [9.17, 15) is 0 Å². The summed E-state index contributed by atoms with van der Waals surface area (Å²) in [5.74, 6) is 0. The molecular weight excluding hydrogens is 308 g/mol. The van der Waals surface area contributed by atoms with Crippen LogP contribution in [0.4, 0.5) is 0 Å². The van der Waals surface area contributed by atoms with Gasteiger partial charge >= 0.3 is 0 Å². The number of hydrogen-bond acceptors (Lipinski definition) is 5. The van der Waals surface area contributed by atoms with E-state index in [1.807, 2.05) is 0 Å². The van der Waals surface area contributed by atoms with Crippen LogP contribution in [0.25, 0.3) is 0 Å². The standard InChI is InChI=1S/C19H40O5/c1-3-5-7-8-10-19(9-6-4-2)24-18-17-23-16-15-22-14-13-21-12-11-20/h19-20H,3-18H2,1-2H3. The van der Waals surface area contributed by atoms with Crippen molar-refractivity contribution in [1.82, 2.24) is 0 Å². The average molecular weight is 349 g/mol. The molecule has 1 N–H and O–H groups in total. The molecule has 0 saturated carbocycles. The number of ether oxygens (including phenoxy) is 4. The Kier molecular flexibility index (Phi) is 20.7. The van der Waals surface area contributed by atoms with Crippen LogP contribution in [0.3, 0.4) is 0 Å². The first-order valence-corrected chi connectivity index (χ1v) is 9.80. The predicted octanol–water partition coefficient (Wildman–Crippen LogP) is 3.57. The van der Waals surface area contributed by atoms with E-state index in [0.29, 0.717) is 52.4 Å². The van der Waals surface area contributed by atoms with Crippen LogP contribution in [-0.2, 0) is 18.9 Å². The van der Waals surface area contributed by atoms with Crippen molar-refractivity contribution in [2.75, 3.05) is 52.9 Å². The SMILES string of the molecule is CCCCCCC(CCCC)OCCOCCOCCOCCO. The van der Waals surface area contributed by atoms with Crippen molar-refractivity contribution in [2.45, 2.75) is 71.3 Å². The molecule has 0 aromatic carbocycles. The minimum absolute atomic E-state index is 0.0565. The maximum absolute atomic E-state index is 8.55. The fourth-order valence-electron chi connectivity index (χ4n) is 2.42. The summed E-state index contributed by atoms with van der Waals surface area (Å²) in [5.41, 5.74) is 0. The van der Waals surface area contributed by atoms with Crippen LogP contribution in [0.1, 0.15) is 65.2 Å². The highest BCUT2D eigenvalue weighted by molar-refractivity contribution is 4.59. The monoisotopic (exact) mass is 348 g/mol. The molecule has 5 heteroatoms. The molecule has 5 nitrogen and oxygen atoms in total. The van der Waals surface area contributed by atoms with Gasteiger partial charge in [0.05, 0.1) is 59.0 Å². The fraction of sp³-hybridized carbons (Fsp3) is 1.00. The van der Waals surface area contributed by atoms with E-state index in [0.717, 1.165) is 0 Å². The molecule has 1 atom stereocenters. The zero-order valence-corrected chi connectivity index (χ0v) is 16.0. The maximum Gasteiger partial charge on any atom is 0.0704 e. The summed E-state index contributed by atoms with van der Waals surface area (Å²) in [6, 6.07) is 0. The molecule has 0 aliphatic rings. The van der Waals surface area contributed by atoms with Crippen molar-refractivity contribution in [3.63, 3.8) is 0 Å². The van der Waals surface area contributed by atoms with Crippen molar-refractivity contribution >= 4 is 0 Å². The molecule has 0 fully saturated rings. The Morgan fingerprint density at radius 3 is 1.75 bits per heavy atom. The Bertz CT molecular complexity index is 226. The van der Waals surface area contributed by atoms with Gasteiger partial charge in [0.15, 0.2) is 0 Å². The molecular formula is C19H40O5. The van der Waals surface area contributed by atoms with Crippen LogP contribution >= 0.6 is 0 Å². The highest BCUT2D eigenvalue weighted by atomic mass is 16.6. The number of aliphatic hydroxyl groups is 1. The molecule has 0 aliphatic carbocycles. The Labute approximate surface area is 149 Å². The molecule has 0 radical (unpaired) electrons. The molecule has 0 heterocycles. The third-order valence-corrected chi connectivity index (χ3v) is 3.82. The summed E-state index contributed by atoms with van der Waals surface area (Å²) in [5, 5.41) is 8.55. The first-order chi connectivity index (χ1) is 11.8. The van der Waals surface area contributed by atoms with Gasteiger partial charge in [-0.05, 0) is 12.8 Å². The Morgan fingerprint density at radius 2 is 1.17 bits per heavy atom. The van der Waals surface area contributed by atoms with E-state index in [1.54, 1.807) is 0 Å². The van der Waals surface area contributed by atoms with E-state index >= 15 is 0 Å². The molecule has 0 saturated heterocycles. The quantitative estimate of drug-likeness (QED) is 0.341. The Balaban J connectivity index is 3.44. The van der Waals surface area contributed by atoms with Crippen LogP contribution in [0.2, 0.25) is 0 Å². The topological polar surface area (TPSA) is 57.2 Å². The molecule has 0 bridgehead atoms. The minimum atomic E-state index is 0.0565. The van der Waals surface area contributed by atoms with E-state index in [-0.39, 0.29) is 6.61 Å². The number of hydrogen-bond donors (Lipinski definition) is 1. The van der Waals surface area contributed by atoms with Gasteiger partial charge in [-0.25, -0.2) is 0 Å². The molecule has 146 valence electrons. The highest BCUT2D eigenvalue weighted by Gasteiger charge is 2.08. The zero-order chi connectivity index (χ0) is 17.7. The van der Waals surface area contributed by atoms with E-state index < -0.39 is 0 Å². The first kappa shape index (κ1) is 23.8. The zero-order valence-electron chi connectivity index (χ0n) is 16.0. The minimum Gasteiger partial charge on any atom is -0.394 e. The van der Waals surface area contributed by atoms with E-state index in [4.69, 9.17) is 24.1 Å². The smallest absolute Gasteiger partial charge is 0.0704 e. The Morgan fingerprint density at radius 1 is 0.625 bits per heavy atom. The lowest BCUT2D eigenvalue weighted by molar-refractivity contribution is -0.0245. The summed E-state index contributed by atoms with van der Waals surface area (Å²) in [6.45, 7) is 8.40. The molecule has 0 aromatic rings. The predicted molar refractivity (Wildman–Crippen MR) is 97.6 cm³/mol. The largest absolute Gasteiger partial charge is 0.394 e. The lowest BCUT2D eigenvalue weighted by Crippen LogP contribution is -2.18. The van der Waals surface area contributed by atoms with Gasteiger partial charge in [0.25, 0.3) is 0 Å². The third-order valence-electron chi connectivity index (χ3n) is 3.82. The van der Waals surface area contributed by atoms with Crippen molar-refractivity contribution < 1.29 is 24.1 Å². The summed E-state index contributed by atoms with van der Waals surface area (Å²) < 4.78 is 22.0. The maximum atomic E-state index is 8.55. The summed E-state index contributed by atoms with van der Waals surface area (Å²) in [4.78, 5) is 0. The summed E-state index contributed by atoms with van der Waals surface area (Å²) >= 11 is 0. The Hall–Kier alpha value is -0.200. The van der Waals surface area contributed by atoms with Crippen LogP contribution in [-0.4, -0.2) is 64.1 Å². The van der Waals surface area contributed by atoms with Gasteiger partial charge in [-0.3, -0.25) is 0 Å². The van der Waals surface area contributed by atoms with E-state index in [1.165, 1.54) is 51.4 Å². The molecule has 0 rings (SSSR count). The first-order valence-electron chi connectivity index (χ1n) is 9.80. The van der Waals surface area contributed by atoms with E-state index in [2.05, 4.69) is 13.8 Å². The van der Waals surface area contributed by atoms with Crippen LogP contribution < -0.4 is 0 Å². The fourth-order valence-corrected chi connectivity index (χ4v) is 2.42. The summed E-state index contributed by atoms with van der Waals surface area (Å²) in [7, 11) is 0. The number of aliphatic hydroxyl groups excluding tert-OH is 1. The van der Waals surface area contributed by atoms with Crippen LogP contribution in [0, 0.1) is 0 Å². The molecule has 0 aliphatic heterocycles. The molecule has 0 spiro atoms. The number of unbranched alkanes of at least 4 members (excludes halogenated alkanes) is 4. The van der Waals surface area contributed by atoms with Gasteiger partial charge < -0.3 is 24.1 Å². The summed E-state index contributed by atoms with van der Waals surface area (Å²) in [6.07, 6.45) is 10.4. The molecule has 1 unspecified atom stereocenters. The van der Waals surface area contributed by atoms with Crippen molar-refractivity contribution in [2.24, 2.45) is 0 Å². The number of rotatable bonds is 20. The lowest BCUT2D eigenvalue weighted by atomic mass is 10.0. The van der Waals surface area contributed by atoms with Crippen molar-refractivity contribution in [1.29, 1.82) is 0 Å². The highest BCUT2D eigenvalue weighted by Crippen LogP contribution is 2.14. The van der Waals surface area contributed by atoms with Crippen LogP contribution in [0.5, 0.6) is 0 Å². The molecule has 0 amide bonds. The lowest BCUT2D eigenvalue weighted by Gasteiger charge is -2.18. The van der Waals surface area contributed by atoms with Gasteiger partial charge in [0, 0.05) is 0 Å². The normalized spacial score (nSPS) is 12.6. The second-order valence-electron chi connectivity index (χ2n) is 6.05. The third kappa shape index (κ3) is 18.1. The van der Waals surface area contributed by atoms with Crippen molar-refractivity contribution in [3.8, 4) is 0 Å². The van der Waals surface area contributed by atoms with Gasteiger partial charge in [-0.1, -0.05) is 52.4 Å². The second-order valence-corrected chi connectivity index (χ2v) is 6.05. The van der Waals surface area contributed by atoms with Gasteiger partial charge in [-0.15, -0.1) is 0 Å². The van der Waals surface area contributed by atoms with Gasteiger partial charge in [-0.2, -0.15) is 0 Å². The molecule has 24 heavy (non-hydrogen) atoms. The van der Waals surface area contributed by atoms with Crippen LogP contribution in [0.15, 0.2) is 0 Å². The second kappa shape index (κ2) is 20.8. The molecule has 0 aromatic heterocycles.